The van der Waals surface area contributed by atoms with E-state index < -0.39 is 0 Å². The van der Waals surface area contributed by atoms with Gasteiger partial charge in [0, 0.05) is 15.0 Å². The van der Waals surface area contributed by atoms with Gasteiger partial charge in [0.25, 0.3) is 0 Å². The third-order valence-corrected chi connectivity index (χ3v) is 4.66. The summed E-state index contributed by atoms with van der Waals surface area (Å²) >= 11 is 6.99. The van der Waals surface area contributed by atoms with Gasteiger partial charge in [-0.3, -0.25) is 0 Å². The van der Waals surface area contributed by atoms with Gasteiger partial charge in [-0.1, -0.05) is 57.0 Å². The standard InChI is InChI=1S/C17H18Br2FN/c1-2-21-15(10-12-5-3-4-6-16(12)19)11-13-9-14(18)7-8-17(13)20/h3-9,15,21H,2,10-11H2,1H3. The van der Waals surface area contributed by atoms with Crippen molar-refractivity contribution in [2.24, 2.45) is 0 Å². The molecule has 1 nitrogen and oxygen atoms in total. The third-order valence-electron chi connectivity index (χ3n) is 3.39. The van der Waals surface area contributed by atoms with E-state index in [1.54, 1.807) is 6.07 Å². The van der Waals surface area contributed by atoms with Crippen LogP contribution in [0.2, 0.25) is 0 Å². The highest BCUT2D eigenvalue weighted by atomic mass is 79.9. The molecule has 1 unspecified atom stereocenters. The van der Waals surface area contributed by atoms with E-state index in [0.717, 1.165) is 27.5 Å². The van der Waals surface area contributed by atoms with Gasteiger partial charge in [0.1, 0.15) is 5.82 Å². The third kappa shape index (κ3) is 4.90. The van der Waals surface area contributed by atoms with Crippen molar-refractivity contribution in [3.05, 3.63) is 68.4 Å². The number of hydrogen-bond donors (Lipinski definition) is 1. The molecule has 2 aromatic carbocycles. The fourth-order valence-corrected chi connectivity index (χ4v) is 3.25. The van der Waals surface area contributed by atoms with Crippen LogP contribution in [0.5, 0.6) is 0 Å². The van der Waals surface area contributed by atoms with Gasteiger partial charge in [-0.05, 0) is 54.8 Å². The monoisotopic (exact) mass is 413 g/mol. The Morgan fingerprint density at radius 3 is 2.48 bits per heavy atom. The molecule has 1 N–H and O–H groups in total. The fourth-order valence-electron chi connectivity index (χ4n) is 2.40. The van der Waals surface area contributed by atoms with Gasteiger partial charge >= 0.3 is 0 Å². The fraction of sp³-hybridized carbons (Fsp3) is 0.294. The van der Waals surface area contributed by atoms with E-state index in [1.165, 1.54) is 11.6 Å². The summed E-state index contributed by atoms with van der Waals surface area (Å²) in [4.78, 5) is 0. The maximum absolute atomic E-state index is 13.9. The first-order chi connectivity index (χ1) is 10.1. The maximum atomic E-state index is 13.9. The lowest BCUT2D eigenvalue weighted by Gasteiger charge is -2.19. The molecule has 0 bridgehead atoms. The molecular formula is C17H18Br2FN. The molecule has 0 radical (unpaired) electrons. The van der Waals surface area contributed by atoms with Crippen LogP contribution in [0.4, 0.5) is 4.39 Å². The van der Waals surface area contributed by atoms with E-state index in [4.69, 9.17) is 0 Å². The number of likely N-dealkylation sites (N-methyl/N-ethyl adjacent to an activating group) is 1. The molecule has 0 saturated carbocycles. The Kier molecular flexibility index (Phi) is 6.40. The van der Waals surface area contributed by atoms with Gasteiger partial charge in [-0.15, -0.1) is 0 Å². The largest absolute Gasteiger partial charge is 0.314 e. The molecule has 0 aliphatic carbocycles. The molecule has 2 rings (SSSR count). The zero-order chi connectivity index (χ0) is 15.2. The van der Waals surface area contributed by atoms with Gasteiger partial charge in [0.2, 0.25) is 0 Å². The van der Waals surface area contributed by atoms with Crippen molar-refractivity contribution in [1.29, 1.82) is 0 Å². The Labute approximate surface area is 142 Å². The molecule has 1 atom stereocenters. The van der Waals surface area contributed by atoms with Crippen LogP contribution in [0.25, 0.3) is 0 Å². The average molecular weight is 415 g/mol. The van der Waals surface area contributed by atoms with Crippen LogP contribution in [-0.2, 0) is 12.8 Å². The zero-order valence-corrected chi connectivity index (χ0v) is 15.0. The second-order valence-electron chi connectivity index (χ2n) is 4.99. The Hall–Kier alpha value is -0.710. The van der Waals surface area contributed by atoms with E-state index in [0.29, 0.717) is 6.42 Å². The summed E-state index contributed by atoms with van der Waals surface area (Å²) in [6, 6.07) is 13.5. The van der Waals surface area contributed by atoms with Crippen molar-refractivity contribution in [3.63, 3.8) is 0 Å². The molecule has 0 spiro atoms. The predicted octanol–water partition coefficient (Wildman–Crippen LogP) is 5.11. The Balaban J connectivity index is 2.16. The lowest BCUT2D eigenvalue weighted by Crippen LogP contribution is -2.33. The number of hydrogen-bond acceptors (Lipinski definition) is 1. The molecule has 0 amide bonds. The number of benzene rings is 2. The summed E-state index contributed by atoms with van der Waals surface area (Å²) < 4.78 is 15.9. The Morgan fingerprint density at radius 2 is 1.76 bits per heavy atom. The molecule has 0 heterocycles. The van der Waals surface area contributed by atoms with E-state index in [1.807, 2.05) is 24.3 Å². The van der Waals surface area contributed by atoms with Crippen LogP contribution in [0.3, 0.4) is 0 Å². The van der Waals surface area contributed by atoms with Crippen LogP contribution >= 0.6 is 31.9 Å². The quantitative estimate of drug-likeness (QED) is 0.692. The highest BCUT2D eigenvalue weighted by Gasteiger charge is 2.14. The first-order valence-electron chi connectivity index (χ1n) is 7.01. The van der Waals surface area contributed by atoms with Crippen molar-refractivity contribution in [1.82, 2.24) is 5.32 Å². The molecule has 0 aliphatic rings. The summed E-state index contributed by atoms with van der Waals surface area (Å²) in [5.74, 6) is -0.145. The molecule has 2 aromatic rings. The molecular weight excluding hydrogens is 397 g/mol. The summed E-state index contributed by atoms with van der Waals surface area (Å²) in [5.41, 5.74) is 1.97. The SMILES string of the molecule is CCNC(Cc1cc(Br)ccc1F)Cc1ccccc1Br. The first kappa shape index (κ1) is 16.7. The second kappa shape index (κ2) is 8.06. The van der Waals surface area contributed by atoms with E-state index in [9.17, 15) is 4.39 Å². The lowest BCUT2D eigenvalue weighted by atomic mass is 9.98. The van der Waals surface area contributed by atoms with Crippen LogP contribution in [0, 0.1) is 5.82 Å². The van der Waals surface area contributed by atoms with Crippen LogP contribution in [0.1, 0.15) is 18.1 Å². The number of rotatable bonds is 6. The smallest absolute Gasteiger partial charge is 0.126 e. The average Bonchev–Trinajstić information content (AvgIpc) is 2.45. The predicted molar refractivity (Wildman–Crippen MR) is 93.1 cm³/mol. The highest BCUT2D eigenvalue weighted by Crippen LogP contribution is 2.21. The molecule has 21 heavy (non-hydrogen) atoms. The summed E-state index contributed by atoms with van der Waals surface area (Å²) in [6.07, 6.45) is 1.53. The number of nitrogens with one attached hydrogen (secondary N) is 1. The van der Waals surface area contributed by atoms with Crippen LogP contribution in [-0.4, -0.2) is 12.6 Å². The minimum atomic E-state index is -0.145. The van der Waals surface area contributed by atoms with Crippen molar-refractivity contribution in [2.75, 3.05) is 6.54 Å². The molecule has 0 fully saturated rings. The van der Waals surface area contributed by atoms with Crippen molar-refractivity contribution in [3.8, 4) is 0 Å². The van der Waals surface area contributed by atoms with Crippen molar-refractivity contribution < 1.29 is 4.39 Å². The lowest BCUT2D eigenvalue weighted by molar-refractivity contribution is 0.505. The summed E-state index contributed by atoms with van der Waals surface area (Å²) in [7, 11) is 0. The maximum Gasteiger partial charge on any atom is 0.126 e. The van der Waals surface area contributed by atoms with E-state index >= 15 is 0 Å². The highest BCUT2D eigenvalue weighted by molar-refractivity contribution is 9.10. The van der Waals surface area contributed by atoms with Gasteiger partial charge in [0.05, 0.1) is 0 Å². The number of halogens is 3. The van der Waals surface area contributed by atoms with Gasteiger partial charge in [0.15, 0.2) is 0 Å². The van der Waals surface area contributed by atoms with Gasteiger partial charge < -0.3 is 5.32 Å². The molecule has 0 aliphatic heterocycles. The van der Waals surface area contributed by atoms with Crippen LogP contribution < -0.4 is 5.32 Å². The Bertz CT molecular complexity index is 601. The van der Waals surface area contributed by atoms with Crippen LogP contribution in [0.15, 0.2) is 51.4 Å². The van der Waals surface area contributed by atoms with E-state index in [2.05, 4.69) is 50.2 Å². The van der Waals surface area contributed by atoms with Gasteiger partial charge in [-0.25, -0.2) is 4.39 Å². The first-order valence-corrected chi connectivity index (χ1v) is 8.59. The second-order valence-corrected chi connectivity index (χ2v) is 6.76. The molecule has 0 aromatic heterocycles. The topological polar surface area (TPSA) is 12.0 Å². The summed E-state index contributed by atoms with van der Waals surface area (Å²) in [5, 5.41) is 3.45. The van der Waals surface area contributed by atoms with Crippen molar-refractivity contribution >= 4 is 31.9 Å². The minimum Gasteiger partial charge on any atom is -0.314 e. The molecule has 4 heteroatoms. The summed E-state index contributed by atoms with van der Waals surface area (Å²) in [6.45, 7) is 2.94. The Morgan fingerprint density at radius 1 is 1.05 bits per heavy atom. The zero-order valence-electron chi connectivity index (χ0n) is 11.9. The van der Waals surface area contributed by atoms with Crippen molar-refractivity contribution in [2.45, 2.75) is 25.8 Å². The van der Waals surface area contributed by atoms with Gasteiger partial charge in [-0.2, -0.15) is 0 Å². The minimum absolute atomic E-state index is 0.145. The molecule has 0 saturated heterocycles. The van der Waals surface area contributed by atoms with E-state index in [-0.39, 0.29) is 11.9 Å². The normalized spacial score (nSPS) is 12.4. The molecule has 112 valence electrons.